The molecule has 1 aromatic rings. The molecule has 7 nitrogen and oxygen atoms in total. The van der Waals surface area contributed by atoms with E-state index >= 15 is 0 Å². The zero-order valence-electron chi connectivity index (χ0n) is 14.6. The first-order valence-electron chi connectivity index (χ1n) is 9.11. The second-order valence-corrected chi connectivity index (χ2v) is 9.00. The number of sulfonamides is 1. The van der Waals surface area contributed by atoms with Gasteiger partial charge >= 0.3 is 0 Å². The van der Waals surface area contributed by atoms with Crippen molar-refractivity contribution in [2.24, 2.45) is 0 Å². The lowest BCUT2D eigenvalue weighted by Gasteiger charge is -2.47. The molecule has 4 rings (SSSR count). The van der Waals surface area contributed by atoms with Crippen molar-refractivity contribution in [3.8, 4) is 0 Å². The maximum atomic E-state index is 12.8. The minimum absolute atomic E-state index is 0.0186. The summed E-state index contributed by atoms with van der Waals surface area (Å²) in [6.45, 7) is 3.05. The molecule has 1 unspecified atom stereocenters. The Balaban J connectivity index is 1.45. The van der Waals surface area contributed by atoms with Crippen LogP contribution in [0.25, 0.3) is 0 Å². The highest BCUT2D eigenvalue weighted by Gasteiger charge is 2.42. The van der Waals surface area contributed by atoms with E-state index in [0.29, 0.717) is 38.3 Å². The largest absolute Gasteiger partial charge is 0.380 e. The lowest BCUT2D eigenvalue weighted by molar-refractivity contribution is -0.169. The lowest BCUT2D eigenvalue weighted by Crippen LogP contribution is -2.53. The third-order valence-electron chi connectivity index (χ3n) is 5.57. The minimum atomic E-state index is -3.66. The maximum Gasteiger partial charge on any atom is 0.253 e. The Morgan fingerprint density at radius 1 is 1.19 bits per heavy atom. The van der Waals surface area contributed by atoms with Crippen molar-refractivity contribution < 1.29 is 22.7 Å². The molecular formula is C18H24N2O5S. The van der Waals surface area contributed by atoms with E-state index in [2.05, 4.69) is 4.72 Å². The third kappa shape index (κ3) is 3.51. The third-order valence-corrected chi connectivity index (χ3v) is 7.09. The summed E-state index contributed by atoms with van der Waals surface area (Å²) >= 11 is 0. The average Bonchev–Trinajstić information content (AvgIpc) is 3.12. The first kappa shape index (κ1) is 17.9. The highest BCUT2D eigenvalue weighted by Crippen LogP contribution is 2.37. The number of likely N-dealkylation sites (tertiary alicyclic amines) is 1. The number of benzene rings is 1. The second kappa shape index (κ2) is 6.92. The highest BCUT2D eigenvalue weighted by atomic mass is 32.2. The number of ether oxygens (including phenoxy) is 2. The first-order valence-corrected chi connectivity index (χ1v) is 10.6. The SMILES string of the molecule is O=C(c1cccc(S(=O)(=O)NC2CCOC2)c1)N1CCC2(CCO2)CC1. The number of piperidine rings is 1. The number of nitrogens with zero attached hydrogens (tertiary/aromatic N) is 1. The summed E-state index contributed by atoms with van der Waals surface area (Å²) in [6.07, 6.45) is 3.43. The van der Waals surface area contributed by atoms with E-state index in [1.54, 1.807) is 17.0 Å². The van der Waals surface area contributed by atoms with Gasteiger partial charge < -0.3 is 14.4 Å². The van der Waals surface area contributed by atoms with Crippen LogP contribution in [0.1, 0.15) is 36.0 Å². The van der Waals surface area contributed by atoms with Gasteiger partial charge in [-0.1, -0.05) is 6.07 Å². The summed E-state index contributed by atoms with van der Waals surface area (Å²) < 4.78 is 38.7. The summed E-state index contributed by atoms with van der Waals surface area (Å²) in [6, 6.07) is 6.06. The molecule has 1 amide bonds. The monoisotopic (exact) mass is 380 g/mol. The van der Waals surface area contributed by atoms with Crippen molar-refractivity contribution in [3.05, 3.63) is 29.8 Å². The molecule has 0 saturated carbocycles. The molecule has 0 bridgehead atoms. The maximum absolute atomic E-state index is 12.8. The Morgan fingerprint density at radius 2 is 1.96 bits per heavy atom. The van der Waals surface area contributed by atoms with Gasteiger partial charge in [-0.15, -0.1) is 0 Å². The molecule has 3 fully saturated rings. The van der Waals surface area contributed by atoms with E-state index in [0.717, 1.165) is 25.9 Å². The molecule has 1 spiro atoms. The van der Waals surface area contributed by atoms with Crippen LogP contribution in [0.5, 0.6) is 0 Å². The van der Waals surface area contributed by atoms with E-state index < -0.39 is 10.0 Å². The van der Waals surface area contributed by atoms with E-state index in [4.69, 9.17) is 9.47 Å². The molecule has 3 aliphatic heterocycles. The molecule has 1 N–H and O–H groups in total. The lowest BCUT2D eigenvalue weighted by atomic mass is 9.84. The van der Waals surface area contributed by atoms with E-state index in [-0.39, 0.29) is 22.4 Å². The Kier molecular flexibility index (Phi) is 4.77. The average molecular weight is 380 g/mol. The van der Waals surface area contributed by atoms with E-state index in [1.807, 2.05) is 0 Å². The van der Waals surface area contributed by atoms with Gasteiger partial charge in [-0.25, -0.2) is 13.1 Å². The molecule has 0 radical (unpaired) electrons. The molecule has 0 aliphatic carbocycles. The summed E-state index contributed by atoms with van der Waals surface area (Å²) in [5.41, 5.74) is 0.385. The Bertz CT molecular complexity index is 775. The fourth-order valence-corrected chi connectivity index (χ4v) is 5.10. The van der Waals surface area contributed by atoms with Gasteiger partial charge in [-0.05, 0) is 43.9 Å². The minimum Gasteiger partial charge on any atom is -0.380 e. The molecular weight excluding hydrogens is 356 g/mol. The Labute approximate surface area is 153 Å². The molecule has 3 aliphatic rings. The number of hydrogen-bond acceptors (Lipinski definition) is 5. The smallest absolute Gasteiger partial charge is 0.253 e. The van der Waals surface area contributed by atoms with Crippen molar-refractivity contribution in [3.63, 3.8) is 0 Å². The van der Waals surface area contributed by atoms with Crippen LogP contribution in [0.15, 0.2) is 29.2 Å². The summed E-state index contributed by atoms with van der Waals surface area (Å²) in [7, 11) is -3.66. The highest BCUT2D eigenvalue weighted by molar-refractivity contribution is 7.89. The first-order chi connectivity index (χ1) is 12.5. The number of rotatable bonds is 4. The fraction of sp³-hybridized carbons (Fsp3) is 0.611. The molecule has 3 saturated heterocycles. The van der Waals surface area contributed by atoms with Gasteiger partial charge in [0.2, 0.25) is 10.0 Å². The van der Waals surface area contributed by atoms with Gasteiger partial charge in [-0.3, -0.25) is 4.79 Å². The molecule has 26 heavy (non-hydrogen) atoms. The van der Waals surface area contributed by atoms with Crippen LogP contribution in [0, 0.1) is 0 Å². The van der Waals surface area contributed by atoms with Gasteiger partial charge in [0.1, 0.15) is 0 Å². The quantitative estimate of drug-likeness (QED) is 0.847. The number of amides is 1. The molecule has 8 heteroatoms. The van der Waals surface area contributed by atoms with Gasteiger partial charge in [0.05, 0.1) is 23.7 Å². The molecule has 142 valence electrons. The van der Waals surface area contributed by atoms with Crippen LogP contribution in [-0.4, -0.2) is 63.8 Å². The van der Waals surface area contributed by atoms with Crippen molar-refractivity contribution in [1.29, 1.82) is 0 Å². The van der Waals surface area contributed by atoms with Crippen molar-refractivity contribution in [2.75, 3.05) is 32.9 Å². The predicted octanol–water partition coefficient (Wildman–Crippen LogP) is 1.15. The van der Waals surface area contributed by atoms with Crippen LogP contribution < -0.4 is 4.72 Å². The number of nitrogens with one attached hydrogen (secondary N) is 1. The van der Waals surface area contributed by atoms with Crippen LogP contribution in [0.2, 0.25) is 0 Å². The second-order valence-electron chi connectivity index (χ2n) is 7.28. The molecule has 0 aromatic heterocycles. The summed E-state index contributed by atoms with van der Waals surface area (Å²) in [5, 5.41) is 0. The molecule has 1 atom stereocenters. The zero-order valence-corrected chi connectivity index (χ0v) is 15.5. The normalized spacial score (nSPS) is 25.2. The topological polar surface area (TPSA) is 84.9 Å². The molecule has 3 heterocycles. The number of hydrogen-bond donors (Lipinski definition) is 1. The van der Waals surface area contributed by atoms with Crippen molar-refractivity contribution >= 4 is 15.9 Å². The fourth-order valence-electron chi connectivity index (χ4n) is 3.80. The number of carbonyl (C=O) groups is 1. The van der Waals surface area contributed by atoms with Gasteiger partial charge in [0.25, 0.3) is 5.91 Å². The molecule has 1 aromatic carbocycles. The standard InChI is InChI=1S/C18H24N2O5S/c21-17(20-8-5-18(6-9-20)7-11-25-18)14-2-1-3-16(12-14)26(22,23)19-15-4-10-24-13-15/h1-3,12,15,19H,4-11,13H2. The van der Waals surface area contributed by atoms with Crippen molar-refractivity contribution in [2.45, 2.75) is 42.2 Å². The summed E-state index contributed by atoms with van der Waals surface area (Å²) in [4.78, 5) is 14.7. The van der Waals surface area contributed by atoms with Gasteiger partial charge in [0, 0.05) is 31.3 Å². The van der Waals surface area contributed by atoms with Gasteiger partial charge in [-0.2, -0.15) is 0 Å². The number of carbonyl (C=O) groups excluding carboxylic acids is 1. The zero-order chi connectivity index (χ0) is 18.2. The predicted molar refractivity (Wildman–Crippen MR) is 94.4 cm³/mol. The van der Waals surface area contributed by atoms with E-state index in [9.17, 15) is 13.2 Å². The van der Waals surface area contributed by atoms with Crippen LogP contribution in [-0.2, 0) is 19.5 Å². The van der Waals surface area contributed by atoms with Gasteiger partial charge in [0.15, 0.2) is 0 Å². The van der Waals surface area contributed by atoms with Crippen LogP contribution >= 0.6 is 0 Å². The van der Waals surface area contributed by atoms with E-state index in [1.165, 1.54) is 12.1 Å². The van der Waals surface area contributed by atoms with Crippen LogP contribution in [0.4, 0.5) is 0 Å². The van der Waals surface area contributed by atoms with Crippen molar-refractivity contribution in [1.82, 2.24) is 9.62 Å². The Hall–Kier alpha value is -1.48. The van der Waals surface area contributed by atoms with Crippen LogP contribution in [0.3, 0.4) is 0 Å². The Morgan fingerprint density at radius 3 is 2.58 bits per heavy atom. The summed E-state index contributed by atoms with van der Waals surface area (Å²) in [5.74, 6) is -0.125.